The van der Waals surface area contributed by atoms with E-state index in [0.717, 1.165) is 0 Å². The molecule has 0 saturated heterocycles. The summed E-state index contributed by atoms with van der Waals surface area (Å²) in [5.41, 5.74) is 1.04. The highest BCUT2D eigenvalue weighted by atomic mass is 35.5. The number of para-hydroxylation sites is 1. The Morgan fingerprint density at radius 1 is 1.02 bits per heavy atom. The fourth-order valence-electron chi connectivity index (χ4n) is 3.41. The third-order valence-electron chi connectivity index (χ3n) is 5.26. The van der Waals surface area contributed by atoms with E-state index in [9.17, 15) is 14.9 Å². The molecule has 3 N–H and O–H groups in total. The quantitative estimate of drug-likeness (QED) is 0.0944. The van der Waals surface area contributed by atoms with Gasteiger partial charge in [-0.3, -0.25) is 14.9 Å². The summed E-state index contributed by atoms with van der Waals surface area (Å²) >= 11 is 17.4. The number of hydrogen-bond acceptors (Lipinski definition) is 8. The number of carbonyl (C=O) groups excluding carboxylic acids is 1. The van der Waals surface area contributed by atoms with Gasteiger partial charge in [-0.1, -0.05) is 41.4 Å². The van der Waals surface area contributed by atoms with Gasteiger partial charge in [0, 0.05) is 35.9 Å². The molecule has 1 heterocycles. The van der Waals surface area contributed by atoms with Crippen LogP contribution in [0.3, 0.4) is 0 Å². The molecular formula is C25H22Cl2N8O4S. The monoisotopic (exact) mass is 600 g/mol. The molecule has 4 aromatic rings. The largest absolute Gasteiger partial charge is 0.455 e. The summed E-state index contributed by atoms with van der Waals surface area (Å²) in [6.07, 6.45) is 0.580. The van der Waals surface area contributed by atoms with E-state index >= 15 is 0 Å². The minimum Gasteiger partial charge on any atom is -0.455 e. The second-order valence-electron chi connectivity index (χ2n) is 8.21. The molecule has 0 fully saturated rings. The average Bonchev–Trinajstić information content (AvgIpc) is 3.38. The Kier molecular flexibility index (Phi) is 9.78. The first kappa shape index (κ1) is 28.7. The molecule has 4 rings (SSSR count). The first-order valence-electron chi connectivity index (χ1n) is 11.8. The molecular weight excluding hydrogens is 579 g/mol. The number of benzene rings is 3. The zero-order chi connectivity index (χ0) is 28.5. The maximum atomic E-state index is 12.4. The minimum atomic E-state index is -0.480. The summed E-state index contributed by atoms with van der Waals surface area (Å²) in [7, 11) is 0. The number of halogens is 2. The number of nitro benzene ring substituents is 1. The SMILES string of the molecule is O=C(Cn1nnc(-c2ccccc2Oc2ccc(Cl)cc2Cl)n1)NCCCNC(=S)Nc1cccc([N+](=O)[O-])c1. The summed E-state index contributed by atoms with van der Waals surface area (Å²) in [6, 6.07) is 18.0. The first-order valence-corrected chi connectivity index (χ1v) is 13.0. The van der Waals surface area contributed by atoms with Crippen molar-refractivity contribution in [3.05, 3.63) is 86.9 Å². The Bertz CT molecular complexity index is 1530. The standard InChI is InChI=1S/C25H22Cl2N8O4S/c26-16-9-10-22(20(27)13-16)39-21-8-2-1-7-19(21)24-31-33-34(32-24)15-23(36)28-11-4-12-29-25(40)30-17-5-3-6-18(14-17)35(37)38/h1-3,5-10,13-14H,4,11-12,15H2,(H,28,36)(H2,29,30,40). The number of hydrogen-bond donors (Lipinski definition) is 3. The van der Waals surface area contributed by atoms with Gasteiger partial charge in [-0.25, -0.2) is 0 Å². The van der Waals surface area contributed by atoms with E-state index in [1.165, 1.54) is 16.9 Å². The smallest absolute Gasteiger partial charge is 0.271 e. The van der Waals surface area contributed by atoms with Gasteiger partial charge in [0.05, 0.1) is 15.5 Å². The van der Waals surface area contributed by atoms with Crippen LogP contribution in [0.1, 0.15) is 6.42 Å². The van der Waals surface area contributed by atoms with Gasteiger partial charge in [0.15, 0.2) is 5.11 Å². The molecule has 3 aromatic carbocycles. The van der Waals surface area contributed by atoms with Crippen LogP contribution in [-0.2, 0) is 11.3 Å². The van der Waals surface area contributed by atoms with E-state index in [1.54, 1.807) is 54.6 Å². The van der Waals surface area contributed by atoms with Crippen molar-refractivity contribution < 1.29 is 14.5 Å². The van der Waals surface area contributed by atoms with E-state index in [1.807, 2.05) is 0 Å². The Hall–Kier alpha value is -4.33. The summed E-state index contributed by atoms with van der Waals surface area (Å²) < 4.78 is 5.95. The van der Waals surface area contributed by atoms with Crippen LogP contribution in [0.2, 0.25) is 10.0 Å². The van der Waals surface area contributed by atoms with Gasteiger partial charge in [0.2, 0.25) is 11.7 Å². The number of ether oxygens (including phenoxy) is 1. The number of aromatic nitrogens is 4. The molecule has 1 aromatic heterocycles. The van der Waals surface area contributed by atoms with Crippen molar-refractivity contribution in [2.75, 3.05) is 18.4 Å². The number of amides is 1. The maximum Gasteiger partial charge on any atom is 0.271 e. The van der Waals surface area contributed by atoms with Crippen molar-refractivity contribution in [3.63, 3.8) is 0 Å². The summed E-state index contributed by atoms with van der Waals surface area (Å²) in [5, 5.41) is 33.0. The number of non-ortho nitro benzene ring substituents is 1. The van der Waals surface area contributed by atoms with Gasteiger partial charge in [0.1, 0.15) is 18.0 Å². The van der Waals surface area contributed by atoms with E-state index in [-0.39, 0.29) is 24.0 Å². The number of thiocarbonyl (C=S) groups is 1. The third-order valence-corrected chi connectivity index (χ3v) is 6.03. The topological polar surface area (TPSA) is 149 Å². The lowest BCUT2D eigenvalue weighted by Crippen LogP contribution is -2.33. The van der Waals surface area contributed by atoms with Crippen molar-refractivity contribution in [1.29, 1.82) is 0 Å². The van der Waals surface area contributed by atoms with Crippen LogP contribution in [0.4, 0.5) is 11.4 Å². The lowest BCUT2D eigenvalue weighted by Gasteiger charge is -2.11. The number of rotatable bonds is 11. The molecule has 0 bridgehead atoms. The summed E-state index contributed by atoms with van der Waals surface area (Å²) in [5.74, 6) is 0.864. The second kappa shape index (κ2) is 13.6. The number of anilines is 1. The van der Waals surface area contributed by atoms with Crippen LogP contribution in [0, 0.1) is 10.1 Å². The molecule has 40 heavy (non-hydrogen) atoms. The summed E-state index contributed by atoms with van der Waals surface area (Å²) in [6.45, 7) is 0.728. The Balaban J connectivity index is 1.22. The van der Waals surface area contributed by atoms with Crippen molar-refractivity contribution in [2.45, 2.75) is 13.0 Å². The molecule has 0 spiro atoms. The van der Waals surface area contributed by atoms with Gasteiger partial charge in [-0.2, -0.15) is 4.80 Å². The number of tetrazole rings is 1. The minimum absolute atomic E-state index is 0.0371. The molecule has 0 unspecified atom stereocenters. The van der Waals surface area contributed by atoms with Crippen LogP contribution in [0.5, 0.6) is 11.5 Å². The van der Waals surface area contributed by atoms with Gasteiger partial charge < -0.3 is 20.7 Å². The highest BCUT2D eigenvalue weighted by Crippen LogP contribution is 2.35. The highest BCUT2D eigenvalue weighted by molar-refractivity contribution is 7.80. The highest BCUT2D eigenvalue weighted by Gasteiger charge is 2.15. The normalized spacial score (nSPS) is 10.6. The molecule has 15 heteroatoms. The van der Waals surface area contributed by atoms with E-state index in [0.29, 0.717) is 57.4 Å². The van der Waals surface area contributed by atoms with Crippen molar-refractivity contribution >= 4 is 57.8 Å². The number of nitro groups is 1. The maximum absolute atomic E-state index is 12.4. The fourth-order valence-corrected chi connectivity index (χ4v) is 4.08. The molecule has 0 aliphatic heterocycles. The van der Waals surface area contributed by atoms with Gasteiger partial charge in [-0.15, -0.1) is 10.2 Å². The van der Waals surface area contributed by atoms with Crippen LogP contribution in [0.25, 0.3) is 11.4 Å². The molecule has 12 nitrogen and oxygen atoms in total. The molecule has 206 valence electrons. The van der Waals surface area contributed by atoms with Gasteiger partial charge in [0.25, 0.3) is 5.69 Å². The van der Waals surface area contributed by atoms with Crippen molar-refractivity contribution in [3.8, 4) is 22.9 Å². The first-order chi connectivity index (χ1) is 19.3. The van der Waals surface area contributed by atoms with E-state index in [4.69, 9.17) is 40.2 Å². The third kappa shape index (κ3) is 8.09. The average molecular weight is 601 g/mol. The Morgan fingerprint density at radius 3 is 2.62 bits per heavy atom. The van der Waals surface area contributed by atoms with E-state index < -0.39 is 4.92 Å². The van der Waals surface area contributed by atoms with E-state index in [2.05, 4.69) is 31.4 Å². The predicted octanol–water partition coefficient (Wildman–Crippen LogP) is 4.84. The number of carbonyl (C=O) groups is 1. The predicted molar refractivity (Wildman–Crippen MR) is 155 cm³/mol. The Morgan fingerprint density at radius 2 is 1.82 bits per heavy atom. The summed E-state index contributed by atoms with van der Waals surface area (Å²) in [4.78, 5) is 23.9. The van der Waals surface area contributed by atoms with Crippen LogP contribution < -0.4 is 20.7 Å². The molecule has 0 atom stereocenters. The Labute approximate surface area is 243 Å². The van der Waals surface area contributed by atoms with Gasteiger partial charge >= 0.3 is 0 Å². The fraction of sp³-hybridized carbons (Fsp3) is 0.160. The molecule has 0 saturated carbocycles. The lowest BCUT2D eigenvalue weighted by molar-refractivity contribution is -0.384. The van der Waals surface area contributed by atoms with Crippen molar-refractivity contribution in [2.24, 2.45) is 0 Å². The molecule has 0 aliphatic rings. The molecule has 1 amide bonds. The zero-order valence-corrected chi connectivity index (χ0v) is 23.0. The zero-order valence-electron chi connectivity index (χ0n) is 20.7. The van der Waals surface area contributed by atoms with Crippen molar-refractivity contribution in [1.82, 2.24) is 30.8 Å². The number of nitrogens with one attached hydrogen (secondary N) is 3. The number of nitrogens with zero attached hydrogens (tertiary/aromatic N) is 5. The van der Waals surface area contributed by atoms with Crippen LogP contribution in [0.15, 0.2) is 66.7 Å². The second-order valence-corrected chi connectivity index (χ2v) is 9.46. The van der Waals surface area contributed by atoms with Gasteiger partial charge in [-0.05, 0) is 60.3 Å². The van der Waals surface area contributed by atoms with Crippen LogP contribution >= 0.6 is 35.4 Å². The lowest BCUT2D eigenvalue weighted by atomic mass is 10.2. The molecule has 0 radical (unpaired) electrons. The molecule has 0 aliphatic carbocycles. The van der Waals surface area contributed by atoms with Crippen LogP contribution in [-0.4, -0.2) is 49.2 Å².